The minimum Gasteiger partial charge on any atom is -0.418 e. The van der Waals surface area contributed by atoms with Gasteiger partial charge in [0.15, 0.2) is 0 Å². The van der Waals surface area contributed by atoms with Crippen molar-refractivity contribution in [2.45, 2.75) is 58.3 Å². The zero-order chi connectivity index (χ0) is 13.6. The molecule has 0 aliphatic rings. The Labute approximate surface area is 105 Å². The van der Waals surface area contributed by atoms with E-state index >= 15 is 0 Å². The molecular formula is C11H26BF4P. The van der Waals surface area contributed by atoms with Crippen LogP contribution in [0.25, 0.3) is 0 Å². The summed E-state index contributed by atoms with van der Waals surface area (Å²) in [5, 5.41) is 0. The third-order valence-corrected chi connectivity index (χ3v) is 3.33. The van der Waals surface area contributed by atoms with Crippen molar-refractivity contribution in [3.63, 3.8) is 0 Å². The lowest BCUT2D eigenvalue weighted by atomic mass is 10.1. The molecule has 1 atom stereocenters. The average Bonchev–Trinajstić information content (AvgIpc) is 2.20. The monoisotopic (exact) mass is 276 g/mol. The smallest absolute Gasteiger partial charge is 0.418 e. The van der Waals surface area contributed by atoms with Crippen LogP contribution in [0, 0.1) is 0 Å². The lowest BCUT2D eigenvalue weighted by Crippen LogP contribution is -2.02. The third-order valence-electron chi connectivity index (χ3n) is 2.35. The highest BCUT2D eigenvalue weighted by Gasteiger charge is 2.20. The highest BCUT2D eigenvalue weighted by Crippen LogP contribution is 2.11. The van der Waals surface area contributed by atoms with E-state index in [9.17, 15) is 17.3 Å². The van der Waals surface area contributed by atoms with Gasteiger partial charge in [-0.15, -0.1) is 0 Å². The van der Waals surface area contributed by atoms with E-state index in [0.717, 1.165) is 8.58 Å². The SMILES string of the molecule is CCCCCCCCCC[PH2+]C.F[B-](F)(F)F. The molecule has 0 saturated heterocycles. The molecule has 0 amide bonds. The molecule has 0 nitrogen and oxygen atoms in total. The van der Waals surface area contributed by atoms with Crippen LogP contribution in [0.2, 0.25) is 0 Å². The topological polar surface area (TPSA) is 0 Å². The quantitative estimate of drug-likeness (QED) is 0.227. The van der Waals surface area contributed by atoms with Crippen molar-refractivity contribution in [2.75, 3.05) is 12.8 Å². The van der Waals surface area contributed by atoms with Gasteiger partial charge in [-0.05, 0) is 21.4 Å². The fourth-order valence-electron chi connectivity index (χ4n) is 1.48. The first-order valence-electron chi connectivity index (χ1n) is 6.57. The van der Waals surface area contributed by atoms with Crippen LogP contribution in [0.15, 0.2) is 0 Å². The van der Waals surface area contributed by atoms with Crippen molar-refractivity contribution in [1.29, 1.82) is 0 Å². The highest BCUT2D eigenvalue weighted by atomic mass is 31.1. The first kappa shape index (κ1) is 19.6. The molecule has 0 aliphatic carbocycles. The maximum atomic E-state index is 9.75. The van der Waals surface area contributed by atoms with Gasteiger partial charge in [-0.1, -0.05) is 45.4 Å². The van der Waals surface area contributed by atoms with Gasteiger partial charge in [-0.2, -0.15) is 0 Å². The first-order valence-corrected chi connectivity index (χ1v) is 8.54. The molecule has 0 fully saturated rings. The molecule has 1 unspecified atom stereocenters. The Balaban J connectivity index is 0. The Kier molecular flexibility index (Phi) is 16.4. The summed E-state index contributed by atoms with van der Waals surface area (Å²) in [6.45, 7) is 4.64. The minimum absolute atomic E-state index is 0.768. The largest absolute Gasteiger partial charge is 0.673 e. The van der Waals surface area contributed by atoms with E-state index in [0.29, 0.717) is 0 Å². The Morgan fingerprint density at radius 3 is 1.47 bits per heavy atom. The standard InChI is InChI=1S/C11H25P.BF4/c1-3-4-5-6-7-8-9-10-11-12-2;2-1(3,4)5/h12H,3-11H2,1-2H3;/q;-1/p+1. The molecule has 0 aromatic carbocycles. The number of unbranched alkanes of at least 4 members (excludes halogenated alkanes) is 7. The second-order valence-electron chi connectivity index (χ2n) is 4.17. The second kappa shape index (κ2) is 14.3. The van der Waals surface area contributed by atoms with Gasteiger partial charge in [0.25, 0.3) is 0 Å². The zero-order valence-corrected chi connectivity index (χ0v) is 12.2. The zero-order valence-electron chi connectivity index (χ0n) is 11.0. The molecule has 0 bridgehead atoms. The van der Waals surface area contributed by atoms with Gasteiger partial charge in [0, 0.05) is 6.66 Å². The fourth-order valence-corrected chi connectivity index (χ4v) is 2.18. The fraction of sp³-hybridized carbons (Fsp3) is 1.00. The van der Waals surface area contributed by atoms with Gasteiger partial charge >= 0.3 is 7.25 Å². The molecule has 106 valence electrons. The van der Waals surface area contributed by atoms with Crippen LogP contribution in [0.4, 0.5) is 17.3 Å². The Morgan fingerprint density at radius 2 is 1.12 bits per heavy atom. The molecule has 0 rings (SSSR count). The summed E-state index contributed by atoms with van der Waals surface area (Å²) >= 11 is 0. The predicted octanol–water partition coefficient (Wildman–Crippen LogP) is 5.47. The van der Waals surface area contributed by atoms with Gasteiger partial charge in [-0.25, -0.2) is 0 Å². The Morgan fingerprint density at radius 1 is 0.765 bits per heavy atom. The van der Waals surface area contributed by atoms with Crippen LogP contribution in [0.5, 0.6) is 0 Å². The summed E-state index contributed by atoms with van der Waals surface area (Å²) in [7, 11) is -5.23. The van der Waals surface area contributed by atoms with Crippen LogP contribution in [0.3, 0.4) is 0 Å². The van der Waals surface area contributed by atoms with Crippen molar-refractivity contribution in [1.82, 2.24) is 0 Å². The maximum Gasteiger partial charge on any atom is 0.673 e. The van der Waals surface area contributed by atoms with Gasteiger partial charge in [-0.3, -0.25) is 0 Å². The van der Waals surface area contributed by atoms with Gasteiger partial charge in [0.05, 0.1) is 6.16 Å². The van der Waals surface area contributed by atoms with E-state index in [1.807, 2.05) is 0 Å². The first-order chi connectivity index (χ1) is 7.91. The second-order valence-corrected chi connectivity index (χ2v) is 5.56. The Hall–Kier alpha value is 0.215. The molecule has 6 heteroatoms. The van der Waals surface area contributed by atoms with E-state index in [4.69, 9.17) is 0 Å². The minimum atomic E-state index is -6.00. The van der Waals surface area contributed by atoms with Crippen LogP contribution >= 0.6 is 8.58 Å². The van der Waals surface area contributed by atoms with E-state index < -0.39 is 7.25 Å². The summed E-state index contributed by atoms with van der Waals surface area (Å²) in [4.78, 5) is 0. The summed E-state index contributed by atoms with van der Waals surface area (Å²) in [5.41, 5.74) is 0. The van der Waals surface area contributed by atoms with E-state index in [1.54, 1.807) is 0 Å². The summed E-state index contributed by atoms with van der Waals surface area (Å²) < 4.78 is 39.0. The van der Waals surface area contributed by atoms with Crippen LogP contribution in [0.1, 0.15) is 58.3 Å². The predicted molar refractivity (Wildman–Crippen MR) is 73.3 cm³/mol. The van der Waals surface area contributed by atoms with Crippen LogP contribution in [-0.4, -0.2) is 20.1 Å². The van der Waals surface area contributed by atoms with Gasteiger partial charge in [0.1, 0.15) is 0 Å². The molecule has 0 saturated carbocycles. The van der Waals surface area contributed by atoms with E-state index in [1.165, 1.54) is 57.5 Å². The average molecular weight is 276 g/mol. The van der Waals surface area contributed by atoms with E-state index in [-0.39, 0.29) is 0 Å². The molecule has 0 radical (unpaired) electrons. The van der Waals surface area contributed by atoms with Crippen LogP contribution in [-0.2, 0) is 0 Å². The summed E-state index contributed by atoms with van der Waals surface area (Å²) in [6.07, 6.45) is 13.3. The maximum absolute atomic E-state index is 9.75. The number of halogens is 4. The molecule has 0 spiro atoms. The molecule has 0 N–H and O–H groups in total. The number of hydrogen-bond acceptors (Lipinski definition) is 0. The highest BCUT2D eigenvalue weighted by molar-refractivity contribution is 7.36. The molecule has 0 aromatic rings. The third kappa shape index (κ3) is 38.6. The molecule has 0 aromatic heterocycles. The number of hydrogen-bond donors (Lipinski definition) is 0. The number of rotatable bonds is 9. The molecule has 0 aliphatic heterocycles. The molecule has 17 heavy (non-hydrogen) atoms. The van der Waals surface area contributed by atoms with Crippen molar-refractivity contribution in [3.05, 3.63) is 0 Å². The van der Waals surface area contributed by atoms with Crippen molar-refractivity contribution >= 4 is 15.8 Å². The normalized spacial score (nSPS) is 11.6. The Bertz CT molecular complexity index is 126. The molecular weight excluding hydrogens is 250 g/mol. The summed E-state index contributed by atoms with van der Waals surface area (Å²) in [6, 6.07) is 0. The van der Waals surface area contributed by atoms with Crippen molar-refractivity contribution in [3.8, 4) is 0 Å². The van der Waals surface area contributed by atoms with Crippen molar-refractivity contribution in [2.24, 2.45) is 0 Å². The van der Waals surface area contributed by atoms with Gasteiger partial charge in [0.2, 0.25) is 0 Å². The summed E-state index contributed by atoms with van der Waals surface area (Å²) in [5.74, 6) is 0. The molecule has 0 heterocycles. The lowest BCUT2D eigenvalue weighted by Gasteiger charge is -1.98. The van der Waals surface area contributed by atoms with E-state index in [2.05, 4.69) is 13.6 Å². The lowest BCUT2D eigenvalue weighted by molar-refractivity contribution is 0.368. The van der Waals surface area contributed by atoms with Crippen molar-refractivity contribution < 1.29 is 17.3 Å². The van der Waals surface area contributed by atoms with Gasteiger partial charge < -0.3 is 17.3 Å². The van der Waals surface area contributed by atoms with Crippen LogP contribution < -0.4 is 0 Å².